The molecule has 1 unspecified atom stereocenters. The molecular formula is C19H20ClN3O3S3. The highest BCUT2D eigenvalue weighted by Gasteiger charge is 2.40. The zero-order chi connectivity index (χ0) is 20.9. The molecule has 0 radical (unpaired) electrons. The molecule has 1 aliphatic rings. The molecule has 1 atom stereocenters. The third kappa shape index (κ3) is 3.70. The van der Waals surface area contributed by atoms with Crippen molar-refractivity contribution in [3.05, 3.63) is 44.5 Å². The first kappa shape index (κ1) is 20.7. The van der Waals surface area contributed by atoms with Gasteiger partial charge in [-0.3, -0.25) is 4.79 Å². The number of halogens is 1. The van der Waals surface area contributed by atoms with Crippen molar-refractivity contribution in [2.24, 2.45) is 12.0 Å². The lowest BCUT2D eigenvalue weighted by Gasteiger charge is -2.20. The highest BCUT2D eigenvalue weighted by atomic mass is 35.5. The standard InChI is InChI=1S/C19H20ClN3O3S3/c1-11-9-14-15(10-12(11)2)27-19(22(14)3)21-18(24)13-5-4-8-23(13)29(25,26)17-7-6-16(20)28-17/h6-7,9-10,13H,4-5,8H2,1-3H3. The molecular weight excluding hydrogens is 450 g/mol. The summed E-state index contributed by atoms with van der Waals surface area (Å²) >= 11 is 8.34. The van der Waals surface area contributed by atoms with E-state index in [-0.39, 0.29) is 4.21 Å². The zero-order valence-electron chi connectivity index (χ0n) is 16.2. The Labute approximate surface area is 182 Å². The third-order valence-corrected chi connectivity index (χ3v) is 9.93. The minimum Gasteiger partial charge on any atom is -0.319 e. The van der Waals surface area contributed by atoms with Crippen molar-refractivity contribution >= 4 is 60.4 Å². The van der Waals surface area contributed by atoms with Crippen LogP contribution < -0.4 is 4.80 Å². The summed E-state index contributed by atoms with van der Waals surface area (Å²) in [4.78, 5) is 17.9. The smallest absolute Gasteiger partial charge is 0.266 e. The molecule has 0 bridgehead atoms. The summed E-state index contributed by atoms with van der Waals surface area (Å²) in [5.41, 5.74) is 3.36. The van der Waals surface area contributed by atoms with Crippen LogP contribution in [0, 0.1) is 13.8 Å². The summed E-state index contributed by atoms with van der Waals surface area (Å²) in [5.74, 6) is -0.427. The highest BCUT2D eigenvalue weighted by Crippen LogP contribution is 2.32. The monoisotopic (exact) mass is 469 g/mol. The molecule has 4 rings (SSSR count). The summed E-state index contributed by atoms with van der Waals surface area (Å²) in [7, 11) is -1.90. The van der Waals surface area contributed by atoms with Gasteiger partial charge < -0.3 is 4.57 Å². The van der Waals surface area contributed by atoms with E-state index in [9.17, 15) is 13.2 Å². The Morgan fingerprint density at radius 2 is 1.93 bits per heavy atom. The molecule has 0 aliphatic carbocycles. The van der Waals surface area contributed by atoms with Crippen LogP contribution in [0.2, 0.25) is 4.34 Å². The number of sulfonamides is 1. The Balaban J connectivity index is 1.71. The van der Waals surface area contributed by atoms with Crippen molar-refractivity contribution in [2.75, 3.05) is 6.54 Å². The van der Waals surface area contributed by atoms with E-state index >= 15 is 0 Å². The van der Waals surface area contributed by atoms with E-state index in [1.807, 2.05) is 18.5 Å². The molecule has 0 N–H and O–H groups in total. The number of hydrogen-bond donors (Lipinski definition) is 0. The number of hydrogen-bond acceptors (Lipinski definition) is 5. The van der Waals surface area contributed by atoms with Gasteiger partial charge in [-0.1, -0.05) is 22.9 Å². The maximum absolute atomic E-state index is 13.0. The summed E-state index contributed by atoms with van der Waals surface area (Å²) in [6, 6.07) is 6.42. The fourth-order valence-electron chi connectivity index (χ4n) is 3.48. The van der Waals surface area contributed by atoms with Gasteiger partial charge in [0.1, 0.15) is 10.3 Å². The number of rotatable bonds is 3. The number of aryl methyl sites for hydroxylation is 3. The second-order valence-corrected chi connectivity index (χ2v) is 12.0. The Bertz CT molecular complexity index is 1290. The van der Waals surface area contributed by atoms with Gasteiger partial charge >= 0.3 is 0 Å². The lowest BCUT2D eigenvalue weighted by atomic mass is 10.1. The number of thiophene rings is 1. The Hall–Kier alpha value is -1.52. The van der Waals surface area contributed by atoms with Crippen molar-refractivity contribution in [1.82, 2.24) is 8.87 Å². The topological polar surface area (TPSA) is 71.7 Å². The number of carbonyl (C=O) groups excluding carboxylic acids is 1. The minimum atomic E-state index is -3.77. The fourth-order valence-corrected chi connectivity index (χ4v) is 7.85. The van der Waals surface area contributed by atoms with Gasteiger partial charge in [0.2, 0.25) is 0 Å². The lowest BCUT2D eigenvalue weighted by Crippen LogP contribution is -2.40. The third-order valence-electron chi connectivity index (χ3n) is 5.23. The van der Waals surface area contributed by atoms with E-state index < -0.39 is 22.0 Å². The van der Waals surface area contributed by atoms with Gasteiger partial charge in [-0.05, 0) is 62.1 Å². The molecule has 3 heterocycles. The number of fused-ring (bicyclic) bond motifs is 1. The molecule has 0 spiro atoms. The molecule has 1 fully saturated rings. The Kier molecular flexibility index (Phi) is 5.45. The summed E-state index contributed by atoms with van der Waals surface area (Å²) in [5, 5.41) is 0. The second-order valence-electron chi connectivity index (χ2n) is 7.13. The average molecular weight is 470 g/mol. The van der Waals surface area contributed by atoms with Gasteiger partial charge in [-0.25, -0.2) is 8.42 Å². The second kappa shape index (κ2) is 7.63. The van der Waals surface area contributed by atoms with Crippen LogP contribution in [-0.2, 0) is 21.9 Å². The predicted molar refractivity (Wildman–Crippen MR) is 117 cm³/mol. The van der Waals surface area contributed by atoms with E-state index in [0.717, 1.165) is 21.6 Å². The Morgan fingerprint density at radius 3 is 2.62 bits per heavy atom. The molecule has 2 aromatic heterocycles. The largest absolute Gasteiger partial charge is 0.319 e. The molecule has 1 saturated heterocycles. The van der Waals surface area contributed by atoms with E-state index in [1.54, 1.807) is 6.07 Å². The van der Waals surface area contributed by atoms with Crippen LogP contribution in [0.4, 0.5) is 0 Å². The zero-order valence-corrected chi connectivity index (χ0v) is 19.4. The fraction of sp³-hybridized carbons (Fsp3) is 0.368. The van der Waals surface area contributed by atoms with Gasteiger partial charge in [0.25, 0.3) is 15.9 Å². The van der Waals surface area contributed by atoms with E-state index in [1.165, 1.54) is 32.8 Å². The number of aromatic nitrogens is 1. The maximum Gasteiger partial charge on any atom is 0.266 e. The average Bonchev–Trinajstić information content (AvgIpc) is 3.37. The van der Waals surface area contributed by atoms with Crippen molar-refractivity contribution in [3.8, 4) is 0 Å². The maximum atomic E-state index is 13.0. The molecule has 10 heteroatoms. The van der Waals surface area contributed by atoms with Crippen molar-refractivity contribution in [3.63, 3.8) is 0 Å². The number of carbonyl (C=O) groups is 1. The van der Waals surface area contributed by atoms with Crippen LogP contribution in [0.3, 0.4) is 0 Å². The molecule has 29 heavy (non-hydrogen) atoms. The number of thiazole rings is 1. The summed E-state index contributed by atoms with van der Waals surface area (Å²) in [6.45, 7) is 4.40. The summed E-state index contributed by atoms with van der Waals surface area (Å²) < 4.78 is 30.7. The van der Waals surface area contributed by atoms with Gasteiger partial charge in [0.05, 0.1) is 14.6 Å². The van der Waals surface area contributed by atoms with Crippen molar-refractivity contribution in [2.45, 2.75) is 36.9 Å². The molecule has 1 aliphatic heterocycles. The van der Waals surface area contributed by atoms with E-state index in [2.05, 4.69) is 24.0 Å². The highest BCUT2D eigenvalue weighted by molar-refractivity contribution is 7.91. The van der Waals surface area contributed by atoms with Crippen LogP contribution >= 0.6 is 34.3 Å². The van der Waals surface area contributed by atoms with Crippen LogP contribution in [0.5, 0.6) is 0 Å². The number of amides is 1. The van der Waals surface area contributed by atoms with Crippen molar-refractivity contribution < 1.29 is 13.2 Å². The first-order valence-corrected chi connectivity index (χ1v) is 12.6. The molecule has 1 amide bonds. The first-order valence-electron chi connectivity index (χ1n) is 9.11. The van der Waals surface area contributed by atoms with Crippen molar-refractivity contribution in [1.29, 1.82) is 0 Å². The quantitative estimate of drug-likeness (QED) is 0.584. The predicted octanol–water partition coefficient (Wildman–Crippen LogP) is 3.85. The van der Waals surface area contributed by atoms with Gasteiger partial charge in [0.15, 0.2) is 4.80 Å². The Morgan fingerprint density at radius 1 is 1.21 bits per heavy atom. The SMILES string of the molecule is Cc1cc2sc(=NC(=O)C3CCCN3S(=O)(=O)c3ccc(Cl)s3)n(C)c2cc1C. The van der Waals surface area contributed by atoms with Crippen LogP contribution in [0.15, 0.2) is 33.5 Å². The normalized spacial score (nSPS) is 18.8. The van der Waals surface area contributed by atoms with Gasteiger partial charge in [-0.2, -0.15) is 9.30 Å². The van der Waals surface area contributed by atoms with Gasteiger partial charge in [0, 0.05) is 13.6 Å². The minimum absolute atomic E-state index is 0.153. The number of nitrogens with zero attached hydrogens (tertiary/aromatic N) is 3. The van der Waals surface area contributed by atoms with E-state index in [0.29, 0.717) is 28.5 Å². The number of benzene rings is 1. The molecule has 6 nitrogen and oxygen atoms in total. The lowest BCUT2D eigenvalue weighted by molar-refractivity contribution is -0.121. The molecule has 1 aromatic carbocycles. The summed E-state index contributed by atoms with van der Waals surface area (Å²) in [6.07, 6.45) is 1.09. The molecule has 3 aromatic rings. The molecule has 0 saturated carbocycles. The van der Waals surface area contributed by atoms with E-state index in [4.69, 9.17) is 11.6 Å². The molecule has 154 valence electrons. The first-order chi connectivity index (χ1) is 13.7. The van der Waals surface area contributed by atoms with Crippen LogP contribution in [-0.4, -0.2) is 35.8 Å². The van der Waals surface area contributed by atoms with Crippen LogP contribution in [0.25, 0.3) is 10.2 Å². The van der Waals surface area contributed by atoms with Crippen LogP contribution in [0.1, 0.15) is 24.0 Å². The van der Waals surface area contributed by atoms with Gasteiger partial charge in [-0.15, -0.1) is 11.3 Å².